The molecule has 0 spiro atoms. The predicted molar refractivity (Wildman–Crippen MR) is 69.8 cm³/mol. The minimum absolute atomic E-state index is 0.0653. The first kappa shape index (κ1) is 13.4. The number of halogens is 3. The van der Waals surface area contributed by atoms with Crippen molar-refractivity contribution in [1.29, 1.82) is 0 Å². The van der Waals surface area contributed by atoms with Crippen molar-refractivity contribution in [1.82, 2.24) is 0 Å². The van der Waals surface area contributed by atoms with E-state index in [1.54, 1.807) is 0 Å². The fourth-order valence-electron chi connectivity index (χ4n) is 1.89. The molecule has 0 fully saturated rings. The van der Waals surface area contributed by atoms with Gasteiger partial charge in [-0.25, -0.2) is 9.18 Å². The Morgan fingerprint density at radius 1 is 1.61 bits per heavy atom. The zero-order valence-electron chi connectivity index (χ0n) is 9.39. The van der Waals surface area contributed by atoms with Crippen LogP contribution in [0.1, 0.15) is 29.5 Å². The number of fused-ring (bicyclic) bond motifs is 1. The maximum atomic E-state index is 14.0. The van der Waals surface area contributed by atoms with Crippen LogP contribution in [0, 0.1) is 5.82 Å². The first-order valence-electron chi connectivity index (χ1n) is 5.29. The summed E-state index contributed by atoms with van der Waals surface area (Å²) >= 11 is 8.95. The van der Waals surface area contributed by atoms with Gasteiger partial charge in [0.15, 0.2) is 11.4 Å². The molecule has 1 heterocycles. The second-order valence-electron chi connectivity index (χ2n) is 3.82. The number of carbonyl (C=O) groups is 1. The topological polar surface area (TPSA) is 50.4 Å². The molecule has 1 N–H and O–H groups in total. The lowest BCUT2D eigenvalue weighted by atomic mass is 10.1. The molecule has 0 aliphatic rings. The summed E-state index contributed by atoms with van der Waals surface area (Å²) in [5.74, 6) is -2.08. The summed E-state index contributed by atoms with van der Waals surface area (Å²) in [7, 11) is 0. The predicted octanol–water partition coefficient (Wildman–Crippen LogP) is 4.64. The molecule has 0 aliphatic carbocycles. The normalized spacial score (nSPS) is 11.1. The molecule has 3 nitrogen and oxygen atoms in total. The standard InChI is InChI=1S/C12H9BrClFO3/c1-2-3-5-8-9(15)7(14)4-6(13)11(8)18-10(5)12(16)17/h4H,2-3H2,1H3,(H,16,17). The van der Waals surface area contributed by atoms with Gasteiger partial charge in [-0.05, 0) is 28.4 Å². The van der Waals surface area contributed by atoms with Crippen LogP contribution in [0.5, 0.6) is 0 Å². The molecule has 6 heteroatoms. The molecule has 2 aromatic rings. The summed E-state index contributed by atoms with van der Waals surface area (Å²) in [6, 6.07) is 1.35. The second kappa shape index (κ2) is 4.90. The number of hydrogen-bond donors (Lipinski definition) is 1. The van der Waals surface area contributed by atoms with Gasteiger partial charge in [0.1, 0.15) is 0 Å². The number of aromatic carboxylic acids is 1. The molecular formula is C12H9BrClFO3. The van der Waals surface area contributed by atoms with Crippen molar-refractivity contribution in [2.24, 2.45) is 0 Å². The zero-order valence-corrected chi connectivity index (χ0v) is 11.7. The maximum Gasteiger partial charge on any atom is 0.372 e. The SMILES string of the molecule is CCCc1c(C(=O)O)oc2c(Br)cc(Cl)c(F)c12. The number of furan rings is 1. The molecule has 0 saturated carbocycles. The Morgan fingerprint density at radius 2 is 2.28 bits per heavy atom. The summed E-state index contributed by atoms with van der Waals surface area (Å²) in [5, 5.41) is 9.16. The Balaban J connectivity index is 2.90. The van der Waals surface area contributed by atoms with Gasteiger partial charge in [0.25, 0.3) is 0 Å². The number of aryl methyl sites for hydroxylation is 1. The third-order valence-electron chi connectivity index (χ3n) is 2.60. The molecule has 96 valence electrons. The molecule has 0 atom stereocenters. The lowest BCUT2D eigenvalue weighted by molar-refractivity contribution is 0.0663. The van der Waals surface area contributed by atoms with Crippen molar-refractivity contribution in [2.75, 3.05) is 0 Å². The molecule has 0 unspecified atom stereocenters. The highest BCUT2D eigenvalue weighted by molar-refractivity contribution is 9.10. The van der Waals surface area contributed by atoms with E-state index in [4.69, 9.17) is 21.1 Å². The van der Waals surface area contributed by atoms with Crippen LogP contribution in [0.2, 0.25) is 5.02 Å². The molecule has 18 heavy (non-hydrogen) atoms. The van der Waals surface area contributed by atoms with Crippen molar-refractivity contribution in [2.45, 2.75) is 19.8 Å². The Hall–Kier alpha value is -1.07. The monoisotopic (exact) mass is 334 g/mol. The van der Waals surface area contributed by atoms with Gasteiger partial charge in [-0.15, -0.1) is 0 Å². The van der Waals surface area contributed by atoms with Gasteiger partial charge in [0.2, 0.25) is 5.76 Å². The molecule has 0 radical (unpaired) electrons. The van der Waals surface area contributed by atoms with Crippen molar-refractivity contribution >= 4 is 44.5 Å². The summed E-state index contributed by atoms with van der Waals surface area (Å²) in [6.07, 6.45) is 1.09. The van der Waals surface area contributed by atoms with Gasteiger partial charge in [-0.3, -0.25) is 0 Å². The number of carboxylic acids is 1. The van der Waals surface area contributed by atoms with Crippen LogP contribution in [0.15, 0.2) is 15.0 Å². The van der Waals surface area contributed by atoms with Gasteiger partial charge >= 0.3 is 5.97 Å². The molecule has 0 bridgehead atoms. The van der Waals surface area contributed by atoms with E-state index in [1.165, 1.54) is 6.07 Å². The van der Waals surface area contributed by atoms with E-state index in [-0.39, 0.29) is 21.8 Å². The Kier molecular flexibility index (Phi) is 3.64. The van der Waals surface area contributed by atoms with Crippen LogP contribution in [0.3, 0.4) is 0 Å². The number of benzene rings is 1. The van der Waals surface area contributed by atoms with Crippen molar-refractivity contribution in [3.05, 3.63) is 32.7 Å². The van der Waals surface area contributed by atoms with Gasteiger partial charge in [-0.1, -0.05) is 24.9 Å². The fourth-order valence-corrected chi connectivity index (χ4v) is 2.73. The lowest BCUT2D eigenvalue weighted by Gasteiger charge is -2.00. The van der Waals surface area contributed by atoms with Crippen LogP contribution >= 0.6 is 27.5 Å². The Morgan fingerprint density at radius 3 is 2.83 bits per heavy atom. The quantitative estimate of drug-likeness (QED) is 0.831. The highest BCUT2D eigenvalue weighted by Crippen LogP contribution is 2.37. The van der Waals surface area contributed by atoms with Crippen molar-refractivity contribution in [3.8, 4) is 0 Å². The second-order valence-corrected chi connectivity index (χ2v) is 5.08. The lowest BCUT2D eigenvalue weighted by Crippen LogP contribution is -1.99. The minimum atomic E-state index is -1.21. The van der Waals surface area contributed by atoms with E-state index < -0.39 is 11.8 Å². The van der Waals surface area contributed by atoms with Crippen LogP contribution < -0.4 is 0 Å². The van der Waals surface area contributed by atoms with Gasteiger partial charge in [0.05, 0.1) is 14.9 Å². The zero-order chi connectivity index (χ0) is 13.4. The third kappa shape index (κ3) is 2.01. The van der Waals surface area contributed by atoms with E-state index >= 15 is 0 Å². The molecule has 0 amide bonds. The average Bonchev–Trinajstić information content (AvgIpc) is 2.67. The third-order valence-corrected chi connectivity index (χ3v) is 3.46. The van der Waals surface area contributed by atoms with Crippen LogP contribution in [-0.4, -0.2) is 11.1 Å². The fraction of sp³-hybridized carbons (Fsp3) is 0.250. The largest absolute Gasteiger partial charge is 0.475 e. The first-order valence-corrected chi connectivity index (χ1v) is 6.46. The minimum Gasteiger partial charge on any atom is -0.475 e. The van der Waals surface area contributed by atoms with Crippen molar-refractivity contribution in [3.63, 3.8) is 0 Å². The molecule has 0 saturated heterocycles. The number of carboxylic acid groups (broad SMARTS) is 1. The number of hydrogen-bond acceptors (Lipinski definition) is 2. The van der Waals surface area contributed by atoms with Gasteiger partial charge in [-0.2, -0.15) is 0 Å². The van der Waals surface area contributed by atoms with Crippen LogP contribution in [0.4, 0.5) is 4.39 Å². The molecule has 1 aromatic carbocycles. The van der Waals surface area contributed by atoms with E-state index in [2.05, 4.69) is 15.9 Å². The van der Waals surface area contributed by atoms with Gasteiger partial charge in [0, 0.05) is 5.56 Å². The van der Waals surface area contributed by atoms with Crippen LogP contribution in [-0.2, 0) is 6.42 Å². The molecule has 1 aromatic heterocycles. The van der Waals surface area contributed by atoms with E-state index in [1.807, 2.05) is 6.92 Å². The molecular weight excluding hydrogens is 326 g/mol. The highest BCUT2D eigenvalue weighted by Gasteiger charge is 2.24. The summed E-state index contributed by atoms with van der Waals surface area (Å²) in [4.78, 5) is 11.1. The van der Waals surface area contributed by atoms with E-state index in [9.17, 15) is 9.18 Å². The van der Waals surface area contributed by atoms with Gasteiger partial charge < -0.3 is 9.52 Å². The number of rotatable bonds is 3. The molecule has 2 rings (SSSR count). The smallest absolute Gasteiger partial charge is 0.372 e. The van der Waals surface area contributed by atoms with E-state index in [0.29, 0.717) is 22.9 Å². The maximum absolute atomic E-state index is 14.0. The Bertz CT molecular complexity index is 636. The van der Waals surface area contributed by atoms with Crippen LogP contribution in [0.25, 0.3) is 11.0 Å². The molecule has 0 aliphatic heterocycles. The Labute approximate surface area is 116 Å². The average molecular weight is 336 g/mol. The summed E-state index contributed by atoms with van der Waals surface area (Å²) in [6.45, 7) is 1.88. The van der Waals surface area contributed by atoms with E-state index in [0.717, 1.165) is 0 Å². The summed E-state index contributed by atoms with van der Waals surface area (Å²) in [5.41, 5.74) is 0.526. The van der Waals surface area contributed by atoms with Crippen molar-refractivity contribution < 1.29 is 18.7 Å². The first-order chi connectivity index (χ1) is 8.47. The highest BCUT2D eigenvalue weighted by atomic mass is 79.9. The summed E-state index contributed by atoms with van der Waals surface area (Å²) < 4.78 is 19.7.